The molecular formula is C60H54N16O11S9. The van der Waals surface area contributed by atoms with E-state index >= 15 is 0 Å². The fraction of sp³-hybridized carbons (Fsp3) is 0.183. The van der Waals surface area contributed by atoms with Gasteiger partial charge in [-0.2, -0.15) is 23.8 Å². The molecule has 96 heavy (non-hydrogen) atoms. The average molecular weight is 1460 g/mol. The lowest BCUT2D eigenvalue weighted by Crippen LogP contribution is -2.35. The van der Waals surface area contributed by atoms with Crippen LogP contribution in [0.5, 0.6) is 5.75 Å². The third-order valence-corrected chi connectivity index (χ3v) is 27.4. The van der Waals surface area contributed by atoms with E-state index in [1.54, 1.807) is 30.0 Å². The highest BCUT2D eigenvalue weighted by atomic mass is 33.1. The third-order valence-electron chi connectivity index (χ3n) is 15.9. The standard InChI is InChI=1S/C60H54N16O11S9/c1-76(2)20-4-19-64-18-3-5-26-6-8-28(9-7-26)70-73-47-40(96(85,86)87)22-27-21-39(95(82,83)84)46(42(62)41(27)51(47)78)72-69-30-14-16-32(17-15-30)94(80,81)75-31-12-10-29(11-13-31)71-74-48-43(63)52(79)60-56-49(48)68-38-25-35-45(58(91-93-60)54(38)89-56)66-34-24-37-53-57(44(34)67-35)90-92-59-50(77)33(61)23-36(65-37)55(59)88-53/h6-17,21-25,34,55-56,64,66,75,77-79,85-87H,3-5,18-20,61-63H2,1-2H3,(H,82,83,84). The van der Waals surface area contributed by atoms with Gasteiger partial charge in [0.05, 0.1) is 129 Å². The lowest BCUT2D eigenvalue weighted by atomic mass is 9.99. The summed E-state index contributed by atoms with van der Waals surface area (Å²) in [5, 5.41) is 65.3. The number of hydrogen-bond donors (Lipinski definition) is 13. The summed E-state index contributed by atoms with van der Waals surface area (Å²) in [5.41, 5.74) is 24.7. The van der Waals surface area contributed by atoms with Crippen molar-refractivity contribution in [3.05, 3.63) is 163 Å². The number of aryl methyl sites for hydroxylation is 1. The van der Waals surface area contributed by atoms with Crippen molar-refractivity contribution >= 4 is 182 Å². The molecule has 3 aliphatic carbocycles. The Hall–Kier alpha value is -7.66. The Kier molecular flexibility index (Phi) is 17.5. The highest BCUT2D eigenvalue weighted by Gasteiger charge is 2.46. The molecule has 0 fully saturated rings. The third kappa shape index (κ3) is 12.5. The first-order chi connectivity index (χ1) is 45.9. The van der Waals surface area contributed by atoms with Gasteiger partial charge in [-0.25, -0.2) is 18.4 Å². The zero-order valence-electron chi connectivity index (χ0n) is 49.9. The SMILES string of the molecule is CN(C)CCCNCCCc1ccc(N=Nc2c(S(O)(O)O)cc3cc(S(=O)(=O)O)c(N=Nc4ccc(S(=O)(=O)Nc5ccc(N=NC6=C(N)C(O)=C7SSc8c9c(cc%10c8SC7C6=N%10)N=C6C7=C8SC%10C(=NC8=CC6N9)C=C(N)C(O)=C%10SS7)cc5)cc4)c(N)c3c2O)cc1. The van der Waals surface area contributed by atoms with Crippen LogP contribution in [-0.2, 0) is 26.6 Å². The first kappa shape index (κ1) is 65.6. The number of aliphatic imine (C=N–C) groups is 3. The summed E-state index contributed by atoms with van der Waals surface area (Å²) in [6.45, 7) is 2.73. The molecule has 0 amide bonds. The molecule has 8 aliphatic rings. The van der Waals surface area contributed by atoms with Gasteiger partial charge in [0.1, 0.15) is 44.3 Å². The molecule has 0 spiro atoms. The number of anilines is 3. The van der Waals surface area contributed by atoms with Gasteiger partial charge in [-0.15, -0.1) is 38.9 Å². The Morgan fingerprint density at radius 2 is 1.30 bits per heavy atom. The van der Waals surface area contributed by atoms with Gasteiger partial charge in [0, 0.05) is 5.69 Å². The summed E-state index contributed by atoms with van der Waals surface area (Å²) < 4.78 is 97.3. The topological polar surface area (TPSA) is 439 Å². The summed E-state index contributed by atoms with van der Waals surface area (Å²) in [6, 6.07) is 21.3. The normalized spacial score (nSPS) is 19.9. The molecule has 0 saturated heterocycles. The Bertz CT molecular complexity index is 5010. The molecular weight excluding hydrogens is 1410 g/mol. The number of sulfonamides is 1. The van der Waals surface area contributed by atoms with Crippen molar-refractivity contribution in [1.29, 1.82) is 0 Å². The maximum absolute atomic E-state index is 13.7. The summed E-state index contributed by atoms with van der Waals surface area (Å²) >= 11 is 3.14. The molecule has 494 valence electrons. The first-order valence-electron chi connectivity index (χ1n) is 29.0. The molecule has 16 N–H and O–H groups in total. The quantitative estimate of drug-likeness (QED) is 0.0118. The number of nitrogen functional groups attached to an aromatic ring is 1. The maximum Gasteiger partial charge on any atom is 0.296 e. The van der Waals surface area contributed by atoms with E-state index in [2.05, 4.69) is 57.0 Å². The number of aliphatic hydroxyl groups excluding tert-OH is 2. The van der Waals surface area contributed by atoms with E-state index in [1.165, 1.54) is 103 Å². The minimum Gasteiger partial charge on any atom is -0.505 e. The highest BCUT2D eigenvalue weighted by molar-refractivity contribution is 8.80. The van der Waals surface area contributed by atoms with Gasteiger partial charge >= 0.3 is 0 Å². The lowest BCUT2D eigenvalue weighted by Gasteiger charge is -2.34. The minimum atomic E-state index is -5.17. The minimum absolute atomic E-state index is 0.00897. The van der Waals surface area contributed by atoms with Crippen LogP contribution in [0.3, 0.4) is 0 Å². The Labute approximate surface area is 573 Å². The highest BCUT2D eigenvalue weighted by Crippen LogP contribution is 2.64. The Morgan fingerprint density at radius 3 is 2.01 bits per heavy atom. The van der Waals surface area contributed by atoms with E-state index in [1.807, 2.05) is 32.3 Å². The molecule has 0 saturated carbocycles. The molecule has 0 radical (unpaired) electrons. The number of hydrogen-bond acceptors (Lipinski definition) is 31. The molecule has 27 nitrogen and oxygen atoms in total. The van der Waals surface area contributed by atoms with Crippen molar-refractivity contribution in [1.82, 2.24) is 10.2 Å². The Morgan fingerprint density at radius 1 is 0.656 bits per heavy atom. The van der Waals surface area contributed by atoms with Crippen molar-refractivity contribution in [2.45, 2.75) is 60.3 Å². The predicted octanol–water partition coefficient (Wildman–Crippen LogP) is 14.7. The largest absolute Gasteiger partial charge is 0.505 e. The van der Waals surface area contributed by atoms with Crippen LogP contribution in [0.2, 0.25) is 0 Å². The van der Waals surface area contributed by atoms with E-state index in [9.17, 15) is 50.4 Å². The average Bonchev–Trinajstić information content (AvgIpc) is 1.40. The second-order valence-corrected chi connectivity index (χ2v) is 33.8. The van der Waals surface area contributed by atoms with Crippen LogP contribution in [-0.4, -0.2) is 123 Å². The molecule has 36 heteroatoms. The lowest BCUT2D eigenvalue weighted by molar-refractivity contribution is 0.375. The number of fused-ring (bicyclic) bond motifs is 5. The number of phenols is 1. The van der Waals surface area contributed by atoms with Crippen LogP contribution >= 0.6 is 77.6 Å². The van der Waals surface area contributed by atoms with Gasteiger partial charge in [0.15, 0.2) is 11.5 Å². The van der Waals surface area contributed by atoms with Gasteiger partial charge in [0.25, 0.3) is 20.1 Å². The molecule has 14 rings (SSSR count). The van der Waals surface area contributed by atoms with Crippen LogP contribution < -0.4 is 32.6 Å². The van der Waals surface area contributed by atoms with E-state index in [-0.39, 0.29) is 66.9 Å². The number of aromatic hydroxyl groups is 1. The van der Waals surface area contributed by atoms with Gasteiger partial charge < -0.3 is 61.7 Å². The second kappa shape index (κ2) is 25.6. The van der Waals surface area contributed by atoms with Crippen molar-refractivity contribution in [2.75, 3.05) is 49.5 Å². The number of phenolic OH excluding ortho intramolecular Hbond substituents is 1. The second-order valence-electron chi connectivity index (χ2n) is 22.7. The summed E-state index contributed by atoms with van der Waals surface area (Å²) in [6.07, 6.45) is 6.51. The van der Waals surface area contributed by atoms with Crippen LogP contribution in [0.1, 0.15) is 18.4 Å². The van der Waals surface area contributed by atoms with Crippen LogP contribution in [0.25, 0.3) is 10.8 Å². The van der Waals surface area contributed by atoms with Crippen molar-refractivity contribution in [2.24, 2.45) is 57.1 Å². The first-order valence-corrected chi connectivity index (χ1v) is 39.4. The van der Waals surface area contributed by atoms with Crippen LogP contribution in [0.15, 0.2) is 227 Å². The molecule has 3 atom stereocenters. The number of thioether (sulfide) groups is 2. The fourth-order valence-corrected chi connectivity index (χ4v) is 22.8. The molecule has 6 aromatic carbocycles. The van der Waals surface area contributed by atoms with E-state index in [4.69, 9.17) is 32.2 Å². The summed E-state index contributed by atoms with van der Waals surface area (Å²) in [4.78, 5) is 20.8. The summed E-state index contributed by atoms with van der Waals surface area (Å²) in [5.74, 6) is -0.941. The van der Waals surface area contributed by atoms with Crippen molar-refractivity contribution in [3.63, 3.8) is 0 Å². The molecule has 4 bridgehead atoms. The van der Waals surface area contributed by atoms with E-state index in [0.717, 1.165) is 104 Å². The van der Waals surface area contributed by atoms with Crippen LogP contribution in [0.4, 0.5) is 56.9 Å². The number of aliphatic hydroxyl groups is 2. The van der Waals surface area contributed by atoms with Gasteiger partial charge in [-0.3, -0.25) is 14.3 Å². The number of nitrogens with one attached hydrogen (secondary N) is 3. The monoisotopic (exact) mass is 1460 g/mol. The molecule has 5 aliphatic heterocycles. The van der Waals surface area contributed by atoms with E-state index < -0.39 is 68.9 Å². The fourth-order valence-electron chi connectivity index (χ4n) is 11.2. The van der Waals surface area contributed by atoms with Gasteiger partial charge in [0.2, 0.25) is 0 Å². The maximum atomic E-state index is 13.7. The van der Waals surface area contributed by atoms with Gasteiger partial charge in [-0.1, -0.05) is 33.7 Å². The predicted molar refractivity (Wildman–Crippen MR) is 384 cm³/mol. The van der Waals surface area contributed by atoms with Gasteiger partial charge in [-0.05, 0) is 177 Å². The molecule has 3 unspecified atom stereocenters. The number of rotatable bonds is 19. The molecule has 5 heterocycles. The zero-order chi connectivity index (χ0) is 67.3. The molecule has 6 aromatic rings. The number of benzene rings is 6. The van der Waals surface area contributed by atoms with Crippen molar-refractivity contribution < 1.29 is 50.4 Å². The number of nitrogens with zero attached hydrogens (tertiary/aromatic N) is 10. The van der Waals surface area contributed by atoms with Crippen molar-refractivity contribution in [3.8, 4) is 5.75 Å². The number of allylic oxidation sites excluding steroid dienone is 2. The van der Waals surface area contributed by atoms with Crippen LogP contribution in [0, 0.1) is 0 Å². The molecule has 0 aromatic heterocycles. The smallest absolute Gasteiger partial charge is 0.296 e. The number of nitrogens with two attached hydrogens (primary N) is 3. The summed E-state index contributed by atoms with van der Waals surface area (Å²) in [7, 11) is -4.21. The Balaban J connectivity index is 0.667. The van der Waals surface area contributed by atoms with E-state index in [0.29, 0.717) is 33.4 Å². The number of azo groups is 3. The zero-order valence-corrected chi connectivity index (χ0v) is 57.3.